The van der Waals surface area contributed by atoms with Crippen LogP contribution in [0.2, 0.25) is 5.02 Å². The van der Waals surface area contributed by atoms with Gasteiger partial charge in [-0.05, 0) is 54.6 Å². The summed E-state index contributed by atoms with van der Waals surface area (Å²) in [5.74, 6) is -1.37. The van der Waals surface area contributed by atoms with E-state index in [0.717, 1.165) is 18.2 Å². The quantitative estimate of drug-likeness (QED) is 0.509. The van der Waals surface area contributed by atoms with E-state index in [0.29, 0.717) is 5.69 Å². The third-order valence-corrected chi connectivity index (χ3v) is 3.87. The lowest BCUT2D eigenvalue weighted by Crippen LogP contribution is -2.17. The summed E-state index contributed by atoms with van der Waals surface area (Å²) in [6, 6.07) is 11.7. The molecule has 0 bridgehead atoms. The Labute approximate surface area is 167 Å². The Morgan fingerprint density at radius 1 is 1.03 bits per heavy atom. The summed E-state index contributed by atoms with van der Waals surface area (Å²) in [5, 5.41) is 5.28. The third-order valence-electron chi connectivity index (χ3n) is 3.58. The summed E-state index contributed by atoms with van der Waals surface area (Å²) in [4.78, 5) is 16.6. The molecule has 1 heterocycles. The van der Waals surface area contributed by atoms with Crippen LogP contribution in [0.5, 0.6) is 5.75 Å². The van der Waals surface area contributed by atoms with E-state index in [1.54, 1.807) is 0 Å². The average Bonchev–Trinajstić information content (AvgIpc) is 2.65. The molecule has 3 rings (SSSR count). The number of benzene rings is 2. The number of nitrogens with zero attached hydrogens (tertiary/aromatic N) is 1. The normalized spacial score (nSPS) is 11.1. The lowest BCUT2D eigenvalue weighted by molar-refractivity contribution is -0.274. The molecular formula is C19H12ClF4N3O2. The Hall–Kier alpha value is -3.33. The first kappa shape index (κ1) is 20.4. The van der Waals surface area contributed by atoms with Crippen LogP contribution in [0.15, 0.2) is 60.8 Å². The summed E-state index contributed by atoms with van der Waals surface area (Å²) in [6.07, 6.45) is -3.35. The maximum absolute atomic E-state index is 13.2. The van der Waals surface area contributed by atoms with Crippen molar-refractivity contribution in [3.8, 4) is 5.75 Å². The van der Waals surface area contributed by atoms with Crippen LogP contribution in [0.4, 0.5) is 34.8 Å². The molecule has 1 aromatic heterocycles. The first-order valence-corrected chi connectivity index (χ1v) is 8.43. The van der Waals surface area contributed by atoms with Gasteiger partial charge in [0, 0.05) is 17.6 Å². The number of carbonyl (C=O) groups is 1. The molecule has 0 radical (unpaired) electrons. The van der Waals surface area contributed by atoms with Crippen molar-refractivity contribution in [2.45, 2.75) is 6.36 Å². The molecule has 3 aromatic rings. The van der Waals surface area contributed by atoms with Gasteiger partial charge in [0.05, 0.1) is 10.6 Å². The minimum atomic E-state index is -4.79. The molecule has 0 spiro atoms. The van der Waals surface area contributed by atoms with Crippen molar-refractivity contribution in [2.24, 2.45) is 0 Å². The van der Waals surface area contributed by atoms with E-state index in [4.69, 9.17) is 11.6 Å². The molecule has 0 aliphatic carbocycles. The van der Waals surface area contributed by atoms with Gasteiger partial charge in [-0.25, -0.2) is 9.37 Å². The predicted molar refractivity (Wildman–Crippen MR) is 100 cm³/mol. The van der Waals surface area contributed by atoms with Gasteiger partial charge in [0.2, 0.25) is 0 Å². The van der Waals surface area contributed by atoms with E-state index in [-0.39, 0.29) is 27.8 Å². The summed E-state index contributed by atoms with van der Waals surface area (Å²) in [5.41, 5.74) is 0.825. The largest absolute Gasteiger partial charge is 0.573 e. The van der Waals surface area contributed by atoms with Crippen LogP contribution in [-0.2, 0) is 0 Å². The molecule has 0 saturated heterocycles. The zero-order valence-electron chi connectivity index (χ0n) is 14.4. The number of alkyl halides is 3. The van der Waals surface area contributed by atoms with Crippen LogP contribution in [0.1, 0.15) is 10.4 Å². The SMILES string of the molecule is O=C(Nc1ccc(F)c(Cl)c1)c1cccnc1Nc1ccc(OC(F)(F)F)cc1. The smallest absolute Gasteiger partial charge is 0.406 e. The van der Waals surface area contributed by atoms with Gasteiger partial charge in [0.1, 0.15) is 17.4 Å². The van der Waals surface area contributed by atoms with Crippen LogP contribution in [0.3, 0.4) is 0 Å². The predicted octanol–water partition coefficient (Wildman–Crippen LogP) is 5.77. The second kappa shape index (κ2) is 8.36. The second-order valence-corrected chi connectivity index (χ2v) is 6.09. The lowest BCUT2D eigenvalue weighted by atomic mass is 10.2. The summed E-state index contributed by atoms with van der Waals surface area (Å²) < 4.78 is 53.8. The van der Waals surface area contributed by atoms with Crippen molar-refractivity contribution >= 4 is 34.7 Å². The molecule has 2 aromatic carbocycles. The number of anilines is 3. The lowest BCUT2D eigenvalue weighted by Gasteiger charge is -2.13. The van der Waals surface area contributed by atoms with Gasteiger partial charge >= 0.3 is 6.36 Å². The molecule has 0 saturated carbocycles. The fourth-order valence-corrected chi connectivity index (χ4v) is 2.52. The van der Waals surface area contributed by atoms with Crippen molar-refractivity contribution in [1.29, 1.82) is 0 Å². The van der Waals surface area contributed by atoms with Gasteiger partial charge < -0.3 is 15.4 Å². The highest BCUT2D eigenvalue weighted by Gasteiger charge is 2.31. The zero-order valence-corrected chi connectivity index (χ0v) is 15.2. The van der Waals surface area contributed by atoms with Gasteiger partial charge in [-0.2, -0.15) is 0 Å². The molecule has 0 unspecified atom stereocenters. The number of halogens is 5. The number of hydrogen-bond acceptors (Lipinski definition) is 4. The van der Waals surface area contributed by atoms with E-state index in [2.05, 4.69) is 20.4 Å². The molecular weight excluding hydrogens is 414 g/mol. The molecule has 0 atom stereocenters. The Bertz CT molecular complexity index is 1030. The molecule has 1 amide bonds. The Balaban J connectivity index is 1.76. The summed E-state index contributed by atoms with van der Waals surface area (Å²) in [7, 11) is 0. The topological polar surface area (TPSA) is 63.2 Å². The Morgan fingerprint density at radius 2 is 1.72 bits per heavy atom. The summed E-state index contributed by atoms with van der Waals surface area (Å²) >= 11 is 5.70. The Morgan fingerprint density at radius 3 is 2.38 bits per heavy atom. The number of nitrogens with one attached hydrogen (secondary N) is 2. The standard InChI is InChI=1S/C19H12ClF4N3O2/c20-15-10-12(5-8-16(15)21)27-18(28)14-2-1-9-25-17(14)26-11-3-6-13(7-4-11)29-19(22,23)24/h1-10H,(H,25,26)(H,27,28). The third kappa shape index (κ3) is 5.58. The Kier molecular flexibility index (Phi) is 5.88. The van der Waals surface area contributed by atoms with Crippen LogP contribution in [0.25, 0.3) is 0 Å². The van der Waals surface area contributed by atoms with Crippen molar-refractivity contribution in [2.75, 3.05) is 10.6 Å². The van der Waals surface area contributed by atoms with E-state index in [1.807, 2.05) is 0 Å². The first-order valence-electron chi connectivity index (χ1n) is 8.05. The van der Waals surface area contributed by atoms with E-state index < -0.39 is 18.1 Å². The number of pyridine rings is 1. The van der Waals surface area contributed by atoms with Gasteiger partial charge in [0.25, 0.3) is 5.91 Å². The van der Waals surface area contributed by atoms with Crippen molar-refractivity contribution in [1.82, 2.24) is 4.98 Å². The highest BCUT2D eigenvalue weighted by atomic mass is 35.5. The molecule has 5 nitrogen and oxygen atoms in total. The molecule has 150 valence electrons. The monoisotopic (exact) mass is 425 g/mol. The van der Waals surface area contributed by atoms with E-state index in [9.17, 15) is 22.4 Å². The van der Waals surface area contributed by atoms with Gasteiger partial charge in [0.15, 0.2) is 0 Å². The number of ether oxygens (including phenoxy) is 1. The van der Waals surface area contributed by atoms with Crippen LogP contribution in [0, 0.1) is 5.82 Å². The van der Waals surface area contributed by atoms with Crippen LogP contribution >= 0.6 is 11.6 Å². The average molecular weight is 426 g/mol. The van der Waals surface area contributed by atoms with E-state index in [1.165, 1.54) is 42.6 Å². The number of hydrogen-bond donors (Lipinski definition) is 2. The molecule has 0 aliphatic rings. The van der Waals surface area contributed by atoms with Gasteiger partial charge in [-0.15, -0.1) is 13.2 Å². The van der Waals surface area contributed by atoms with E-state index >= 15 is 0 Å². The number of aromatic nitrogens is 1. The highest BCUT2D eigenvalue weighted by molar-refractivity contribution is 6.31. The van der Waals surface area contributed by atoms with Gasteiger partial charge in [-0.3, -0.25) is 4.79 Å². The van der Waals surface area contributed by atoms with Gasteiger partial charge in [-0.1, -0.05) is 11.6 Å². The van der Waals surface area contributed by atoms with Crippen molar-refractivity contribution in [3.63, 3.8) is 0 Å². The molecule has 29 heavy (non-hydrogen) atoms. The highest BCUT2D eigenvalue weighted by Crippen LogP contribution is 2.26. The number of carbonyl (C=O) groups excluding carboxylic acids is 1. The van der Waals surface area contributed by atoms with Crippen molar-refractivity contribution < 1.29 is 27.1 Å². The second-order valence-electron chi connectivity index (χ2n) is 5.68. The molecule has 10 heteroatoms. The summed E-state index contributed by atoms with van der Waals surface area (Å²) in [6.45, 7) is 0. The zero-order chi connectivity index (χ0) is 21.0. The minimum Gasteiger partial charge on any atom is -0.406 e. The minimum absolute atomic E-state index is 0.145. The number of rotatable bonds is 5. The first-order chi connectivity index (χ1) is 13.7. The fourth-order valence-electron chi connectivity index (χ4n) is 2.34. The molecule has 0 fully saturated rings. The number of amides is 1. The van der Waals surface area contributed by atoms with Crippen LogP contribution < -0.4 is 15.4 Å². The van der Waals surface area contributed by atoms with Crippen molar-refractivity contribution in [3.05, 3.63) is 77.2 Å². The fraction of sp³-hybridized carbons (Fsp3) is 0.0526. The molecule has 0 aliphatic heterocycles. The van der Waals surface area contributed by atoms with Crippen LogP contribution in [-0.4, -0.2) is 17.3 Å². The maximum atomic E-state index is 13.2. The maximum Gasteiger partial charge on any atom is 0.573 e. The molecule has 2 N–H and O–H groups in total.